The highest BCUT2D eigenvalue weighted by Crippen LogP contribution is 2.31. The number of carbonyl (C=O) groups excluding carboxylic acids is 1. The lowest BCUT2D eigenvalue weighted by Crippen LogP contribution is -2.53. The summed E-state index contributed by atoms with van der Waals surface area (Å²) >= 11 is 1.50. The number of thiophene rings is 1. The molecule has 4 nitrogen and oxygen atoms in total. The van der Waals surface area contributed by atoms with Gasteiger partial charge in [0.25, 0.3) is 5.91 Å². The van der Waals surface area contributed by atoms with Crippen molar-refractivity contribution in [2.24, 2.45) is 0 Å². The summed E-state index contributed by atoms with van der Waals surface area (Å²) in [6.45, 7) is 3.57. The molecule has 0 saturated heterocycles. The van der Waals surface area contributed by atoms with Crippen molar-refractivity contribution < 1.29 is 14.7 Å². The van der Waals surface area contributed by atoms with E-state index >= 15 is 0 Å². The largest absolute Gasteiger partial charge is 0.480 e. The van der Waals surface area contributed by atoms with Gasteiger partial charge >= 0.3 is 5.97 Å². The van der Waals surface area contributed by atoms with Crippen LogP contribution in [0.25, 0.3) is 0 Å². The number of carbonyl (C=O) groups is 2. The average molecular weight is 281 g/mol. The van der Waals surface area contributed by atoms with E-state index in [1.807, 2.05) is 6.07 Å². The first-order valence-electron chi connectivity index (χ1n) is 6.70. The average Bonchev–Trinajstić information content (AvgIpc) is 2.95. The van der Waals surface area contributed by atoms with Crippen LogP contribution in [-0.2, 0) is 17.6 Å². The molecular formula is C14H19NO3S. The summed E-state index contributed by atoms with van der Waals surface area (Å²) in [6, 6.07) is 1.92. The fraction of sp³-hybridized carbons (Fsp3) is 0.571. The highest BCUT2D eigenvalue weighted by molar-refractivity contribution is 7.14. The van der Waals surface area contributed by atoms with Gasteiger partial charge in [-0.05, 0) is 43.7 Å². The van der Waals surface area contributed by atoms with Crippen LogP contribution in [0, 0.1) is 0 Å². The number of carboxylic acids is 1. The van der Waals surface area contributed by atoms with Crippen LogP contribution in [-0.4, -0.2) is 22.5 Å². The molecule has 1 aromatic rings. The normalized spacial score (nSPS) is 14.2. The van der Waals surface area contributed by atoms with Crippen molar-refractivity contribution in [2.75, 3.05) is 0 Å². The molecule has 0 spiro atoms. The molecule has 2 N–H and O–H groups in total. The van der Waals surface area contributed by atoms with Crippen molar-refractivity contribution in [2.45, 2.75) is 51.5 Å². The van der Waals surface area contributed by atoms with E-state index in [9.17, 15) is 14.7 Å². The summed E-state index contributed by atoms with van der Waals surface area (Å²) in [4.78, 5) is 25.5. The molecule has 1 heterocycles. The summed E-state index contributed by atoms with van der Waals surface area (Å²) in [7, 11) is 0. The lowest BCUT2D eigenvalue weighted by Gasteiger charge is -2.27. The lowest BCUT2D eigenvalue weighted by molar-refractivity contribution is -0.144. The maximum Gasteiger partial charge on any atom is 0.329 e. The first-order valence-corrected chi connectivity index (χ1v) is 7.51. The molecule has 0 unspecified atom stereocenters. The van der Waals surface area contributed by atoms with E-state index in [2.05, 4.69) is 5.32 Å². The first kappa shape index (κ1) is 14.1. The number of fused-ring (bicyclic) bond motifs is 1. The molecule has 0 saturated carbocycles. The van der Waals surface area contributed by atoms with Crippen LogP contribution in [0.15, 0.2) is 6.07 Å². The third-order valence-electron chi connectivity index (χ3n) is 3.94. The molecule has 104 valence electrons. The summed E-state index contributed by atoms with van der Waals surface area (Å²) in [6.07, 6.45) is 4.00. The monoisotopic (exact) mass is 281 g/mol. The molecule has 0 atom stereocenters. The smallest absolute Gasteiger partial charge is 0.329 e. The standard InChI is InChI=1S/C14H19NO3S/c1-3-14(4-2,13(17)18)15-12(16)11-8-9-6-5-7-10(9)19-11/h8H,3-7H2,1-2H3,(H,15,16)(H,17,18). The van der Waals surface area contributed by atoms with Gasteiger partial charge in [-0.15, -0.1) is 11.3 Å². The molecule has 0 radical (unpaired) electrons. The number of nitrogens with one attached hydrogen (secondary N) is 1. The molecule has 5 heteroatoms. The fourth-order valence-electron chi connectivity index (χ4n) is 2.50. The van der Waals surface area contributed by atoms with Crippen molar-refractivity contribution in [1.29, 1.82) is 0 Å². The predicted octanol–water partition coefficient (Wildman–Crippen LogP) is 2.61. The van der Waals surface area contributed by atoms with Gasteiger partial charge in [-0.3, -0.25) is 4.79 Å². The number of carboxylic acid groups (broad SMARTS) is 1. The van der Waals surface area contributed by atoms with Crippen molar-refractivity contribution in [3.63, 3.8) is 0 Å². The van der Waals surface area contributed by atoms with Crippen LogP contribution < -0.4 is 5.32 Å². The summed E-state index contributed by atoms with van der Waals surface area (Å²) in [5, 5.41) is 12.0. The zero-order valence-electron chi connectivity index (χ0n) is 11.3. The molecule has 0 fully saturated rings. The highest BCUT2D eigenvalue weighted by atomic mass is 32.1. The zero-order chi connectivity index (χ0) is 14.0. The number of aryl methyl sites for hydroxylation is 2. The third-order valence-corrected chi connectivity index (χ3v) is 5.18. The number of hydrogen-bond donors (Lipinski definition) is 2. The topological polar surface area (TPSA) is 66.4 Å². The minimum atomic E-state index is -1.15. The molecule has 0 aromatic carbocycles. The van der Waals surface area contributed by atoms with E-state index in [1.54, 1.807) is 13.8 Å². The summed E-state index contributed by atoms with van der Waals surface area (Å²) < 4.78 is 0. The van der Waals surface area contributed by atoms with Gasteiger partial charge in [0.05, 0.1) is 4.88 Å². The molecule has 1 aromatic heterocycles. The zero-order valence-corrected chi connectivity index (χ0v) is 12.1. The Morgan fingerprint density at radius 1 is 1.37 bits per heavy atom. The van der Waals surface area contributed by atoms with Gasteiger partial charge in [0.15, 0.2) is 0 Å². The van der Waals surface area contributed by atoms with E-state index in [-0.39, 0.29) is 5.91 Å². The van der Waals surface area contributed by atoms with Crippen LogP contribution >= 0.6 is 11.3 Å². The van der Waals surface area contributed by atoms with Gasteiger partial charge in [0.1, 0.15) is 5.54 Å². The predicted molar refractivity (Wildman–Crippen MR) is 74.8 cm³/mol. The summed E-state index contributed by atoms with van der Waals surface area (Å²) in [5.41, 5.74) is 0.106. The second-order valence-electron chi connectivity index (χ2n) is 4.96. The molecular weight excluding hydrogens is 262 g/mol. The van der Waals surface area contributed by atoms with Crippen molar-refractivity contribution in [3.8, 4) is 0 Å². The van der Waals surface area contributed by atoms with E-state index in [4.69, 9.17) is 0 Å². The lowest BCUT2D eigenvalue weighted by atomic mass is 9.93. The number of aliphatic carboxylic acids is 1. The van der Waals surface area contributed by atoms with Gasteiger partial charge in [0.2, 0.25) is 0 Å². The molecule has 1 aliphatic rings. The second-order valence-corrected chi connectivity index (χ2v) is 6.10. The maximum absolute atomic E-state index is 12.2. The number of rotatable bonds is 5. The maximum atomic E-state index is 12.2. The Morgan fingerprint density at radius 2 is 2.05 bits per heavy atom. The summed E-state index contributed by atoms with van der Waals surface area (Å²) in [5.74, 6) is -1.22. The van der Waals surface area contributed by atoms with Gasteiger partial charge < -0.3 is 10.4 Å². The number of amides is 1. The first-order chi connectivity index (χ1) is 9.02. The molecule has 0 aliphatic heterocycles. The Hall–Kier alpha value is -1.36. The Labute approximate surface area is 116 Å². The highest BCUT2D eigenvalue weighted by Gasteiger charge is 2.37. The van der Waals surface area contributed by atoms with Gasteiger partial charge in [-0.2, -0.15) is 0 Å². The SMILES string of the molecule is CCC(CC)(NC(=O)c1cc2c(s1)CCC2)C(=O)O. The van der Waals surface area contributed by atoms with Crippen LogP contribution in [0.2, 0.25) is 0 Å². The van der Waals surface area contributed by atoms with Crippen LogP contribution in [0.5, 0.6) is 0 Å². The molecule has 19 heavy (non-hydrogen) atoms. The van der Waals surface area contributed by atoms with Crippen LogP contribution in [0.1, 0.15) is 53.2 Å². The van der Waals surface area contributed by atoms with E-state index < -0.39 is 11.5 Å². The minimum absolute atomic E-state index is 0.259. The number of hydrogen-bond acceptors (Lipinski definition) is 3. The van der Waals surface area contributed by atoms with Crippen LogP contribution in [0.3, 0.4) is 0 Å². The third kappa shape index (κ3) is 2.52. The van der Waals surface area contributed by atoms with E-state index in [0.717, 1.165) is 19.3 Å². The fourth-order valence-corrected chi connectivity index (χ4v) is 3.65. The van der Waals surface area contributed by atoms with Crippen molar-refractivity contribution >= 4 is 23.2 Å². The quantitative estimate of drug-likeness (QED) is 0.872. The van der Waals surface area contributed by atoms with Gasteiger partial charge in [-0.25, -0.2) is 4.79 Å². The van der Waals surface area contributed by atoms with E-state index in [0.29, 0.717) is 17.7 Å². The van der Waals surface area contributed by atoms with Gasteiger partial charge in [-0.1, -0.05) is 13.8 Å². The Bertz CT molecular complexity index is 481. The Morgan fingerprint density at radius 3 is 2.58 bits per heavy atom. The van der Waals surface area contributed by atoms with Crippen molar-refractivity contribution in [1.82, 2.24) is 5.32 Å². The van der Waals surface area contributed by atoms with E-state index in [1.165, 1.54) is 21.8 Å². The van der Waals surface area contributed by atoms with Crippen LogP contribution in [0.4, 0.5) is 0 Å². The van der Waals surface area contributed by atoms with Crippen molar-refractivity contribution in [3.05, 3.63) is 21.4 Å². The minimum Gasteiger partial charge on any atom is -0.480 e. The Balaban J connectivity index is 2.17. The Kier molecular flexibility index (Phi) is 3.94. The molecule has 1 amide bonds. The molecule has 1 aliphatic carbocycles. The molecule has 2 rings (SSSR count). The second kappa shape index (κ2) is 5.33. The van der Waals surface area contributed by atoms with Gasteiger partial charge in [0, 0.05) is 4.88 Å². The molecule has 0 bridgehead atoms.